The summed E-state index contributed by atoms with van der Waals surface area (Å²) in [6, 6.07) is 0. The van der Waals surface area contributed by atoms with Crippen LogP contribution in [-0.2, 0) is 19.4 Å². The monoisotopic (exact) mass is 182 g/mol. The van der Waals surface area contributed by atoms with Gasteiger partial charge in [0.1, 0.15) is 0 Å². The van der Waals surface area contributed by atoms with Crippen molar-refractivity contribution in [3.63, 3.8) is 0 Å². The molecule has 0 fully saturated rings. The van der Waals surface area contributed by atoms with Crippen molar-refractivity contribution in [2.75, 3.05) is 0 Å². The highest BCUT2D eigenvalue weighted by molar-refractivity contribution is 5.89. The molecule has 0 heterocycles. The van der Waals surface area contributed by atoms with Crippen molar-refractivity contribution in [2.24, 2.45) is 0 Å². The maximum Gasteiger partial charge on any atom is 0.382 e. The average molecular weight is 182 g/mol. The molecule has 1 rings (SSSR count). The van der Waals surface area contributed by atoms with Crippen LogP contribution in [0.1, 0.15) is 19.3 Å². The zero-order valence-electron chi connectivity index (χ0n) is 7.12. The fraction of sp³-hybridized carbons (Fsp3) is 0.333. The number of allylic oxidation sites excluding steroid dienone is 1. The smallest absolute Gasteiger partial charge is 0.242 e. The summed E-state index contributed by atoms with van der Waals surface area (Å²) >= 11 is 0. The minimum Gasteiger partial charge on any atom is -0.242 e. The van der Waals surface area contributed by atoms with Crippen molar-refractivity contribution in [2.45, 2.75) is 19.3 Å². The molecule has 0 saturated heterocycles. The van der Waals surface area contributed by atoms with Crippen molar-refractivity contribution in [3.8, 4) is 0 Å². The lowest BCUT2D eigenvalue weighted by atomic mass is 10.2. The highest BCUT2D eigenvalue weighted by Gasteiger charge is 2.16. The molecular weight excluding hydrogens is 172 g/mol. The lowest BCUT2D eigenvalue weighted by molar-refractivity contribution is -0.251. The van der Waals surface area contributed by atoms with Crippen molar-refractivity contribution in [3.05, 3.63) is 24.3 Å². The quantitative estimate of drug-likeness (QED) is 0.367. The zero-order chi connectivity index (χ0) is 9.68. The Morgan fingerprint density at radius 3 is 2.77 bits per heavy atom. The van der Waals surface area contributed by atoms with Crippen molar-refractivity contribution in [1.82, 2.24) is 0 Å². The second kappa shape index (κ2) is 4.45. The summed E-state index contributed by atoms with van der Waals surface area (Å²) in [5.41, 5.74) is 0.567. The second-order valence-electron chi connectivity index (χ2n) is 2.60. The van der Waals surface area contributed by atoms with Gasteiger partial charge in [-0.05, 0) is 19.3 Å². The minimum absolute atomic E-state index is 0.567. The van der Waals surface area contributed by atoms with E-state index in [1.165, 1.54) is 0 Å². The number of rotatable bonds is 2. The fourth-order valence-corrected chi connectivity index (χ4v) is 1.02. The first-order chi connectivity index (χ1) is 6.24. The number of hydrogen-bond acceptors (Lipinski definition) is 4. The van der Waals surface area contributed by atoms with E-state index >= 15 is 0 Å². The van der Waals surface area contributed by atoms with Gasteiger partial charge in [-0.2, -0.15) is 0 Å². The van der Waals surface area contributed by atoms with Gasteiger partial charge < -0.3 is 0 Å². The Labute approximate surface area is 75.8 Å². The highest BCUT2D eigenvalue weighted by Crippen LogP contribution is 2.18. The standard InChI is InChI=1S/C9H10O4/c1-2-8(10)12-13-9(11)7-5-3-4-6-7/h2,5H,1,3-4,6H2. The molecule has 0 radical (unpaired) electrons. The predicted molar refractivity (Wildman–Crippen MR) is 44.3 cm³/mol. The highest BCUT2D eigenvalue weighted by atomic mass is 17.2. The van der Waals surface area contributed by atoms with Gasteiger partial charge in [0.25, 0.3) is 0 Å². The van der Waals surface area contributed by atoms with Gasteiger partial charge in [-0.25, -0.2) is 19.4 Å². The van der Waals surface area contributed by atoms with Gasteiger partial charge in [0.05, 0.1) is 0 Å². The molecule has 0 saturated carbocycles. The van der Waals surface area contributed by atoms with E-state index in [-0.39, 0.29) is 0 Å². The van der Waals surface area contributed by atoms with Gasteiger partial charge in [0, 0.05) is 11.6 Å². The molecule has 0 bridgehead atoms. The lowest BCUT2D eigenvalue weighted by Crippen LogP contribution is -2.10. The number of carbonyl (C=O) groups is 2. The van der Waals surface area contributed by atoms with Gasteiger partial charge >= 0.3 is 11.9 Å². The van der Waals surface area contributed by atoms with E-state index in [2.05, 4.69) is 16.4 Å². The SMILES string of the molecule is C=CC(=O)OOC(=O)C1=CCCC1. The van der Waals surface area contributed by atoms with Crippen LogP contribution in [-0.4, -0.2) is 11.9 Å². The van der Waals surface area contributed by atoms with Crippen LogP contribution >= 0.6 is 0 Å². The third-order valence-corrected chi connectivity index (χ3v) is 1.67. The van der Waals surface area contributed by atoms with E-state index in [4.69, 9.17) is 0 Å². The molecule has 0 atom stereocenters. The van der Waals surface area contributed by atoms with Crippen LogP contribution in [0.25, 0.3) is 0 Å². The molecular formula is C9H10O4. The van der Waals surface area contributed by atoms with E-state index in [1.54, 1.807) is 6.08 Å². The summed E-state index contributed by atoms with van der Waals surface area (Å²) in [4.78, 5) is 29.9. The molecule has 0 spiro atoms. The van der Waals surface area contributed by atoms with Crippen LogP contribution in [0.5, 0.6) is 0 Å². The molecule has 13 heavy (non-hydrogen) atoms. The van der Waals surface area contributed by atoms with E-state index in [0.29, 0.717) is 12.0 Å². The largest absolute Gasteiger partial charge is 0.382 e. The second-order valence-corrected chi connectivity index (χ2v) is 2.60. The molecule has 70 valence electrons. The molecule has 1 aliphatic carbocycles. The summed E-state index contributed by atoms with van der Waals surface area (Å²) in [7, 11) is 0. The van der Waals surface area contributed by atoms with Crippen molar-refractivity contribution < 1.29 is 19.4 Å². The van der Waals surface area contributed by atoms with Gasteiger partial charge in [-0.1, -0.05) is 12.7 Å². The van der Waals surface area contributed by atoms with Gasteiger partial charge in [0.15, 0.2) is 0 Å². The molecule has 1 aliphatic rings. The Kier molecular flexibility index (Phi) is 3.25. The van der Waals surface area contributed by atoms with Gasteiger partial charge in [0.2, 0.25) is 0 Å². The third kappa shape index (κ3) is 2.74. The molecule has 0 aromatic rings. The van der Waals surface area contributed by atoms with E-state index in [0.717, 1.165) is 18.9 Å². The predicted octanol–water partition coefficient (Wildman–Crippen LogP) is 1.28. The summed E-state index contributed by atoms with van der Waals surface area (Å²) in [6.45, 7) is 3.16. The molecule has 0 unspecified atom stereocenters. The Balaban J connectivity index is 2.33. The third-order valence-electron chi connectivity index (χ3n) is 1.67. The van der Waals surface area contributed by atoms with Crippen LogP contribution in [0.2, 0.25) is 0 Å². The normalized spacial score (nSPS) is 14.6. The van der Waals surface area contributed by atoms with Crippen LogP contribution in [0.4, 0.5) is 0 Å². The van der Waals surface area contributed by atoms with Crippen LogP contribution in [0.3, 0.4) is 0 Å². The topological polar surface area (TPSA) is 52.6 Å². The van der Waals surface area contributed by atoms with Crippen LogP contribution in [0.15, 0.2) is 24.3 Å². The van der Waals surface area contributed by atoms with E-state index in [1.807, 2.05) is 0 Å². The summed E-state index contributed by atoms with van der Waals surface area (Å²) < 4.78 is 0. The molecule has 0 amide bonds. The minimum atomic E-state index is -0.771. The van der Waals surface area contributed by atoms with Gasteiger partial charge in [-0.15, -0.1) is 0 Å². The lowest BCUT2D eigenvalue weighted by Gasteiger charge is -2.00. The van der Waals surface area contributed by atoms with E-state index in [9.17, 15) is 9.59 Å². The summed E-state index contributed by atoms with van der Waals surface area (Å²) in [5.74, 6) is -1.36. The van der Waals surface area contributed by atoms with Crippen LogP contribution in [0, 0.1) is 0 Å². The number of hydrogen-bond donors (Lipinski definition) is 0. The average Bonchev–Trinajstić information content (AvgIpc) is 2.66. The molecule has 4 nitrogen and oxygen atoms in total. The van der Waals surface area contributed by atoms with Crippen molar-refractivity contribution in [1.29, 1.82) is 0 Å². The Bertz CT molecular complexity index is 265. The first-order valence-corrected chi connectivity index (χ1v) is 3.98. The Morgan fingerprint density at radius 2 is 2.23 bits per heavy atom. The number of carbonyl (C=O) groups excluding carboxylic acids is 2. The molecule has 0 aliphatic heterocycles. The first-order valence-electron chi connectivity index (χ1n) is 3.98. The first kappa shape index (κ1) is 9.51. The summed E-state index contributed by atoms with van der Waals surface area (Å²) in [6.07, 6.45) is 5.21. The fourth-order valence-electron chi connectivity index (χ4n) is 1.02. The Hall–Kier alpha value is -1.58. The maximum atomic E-state index is 11.1. The van der Waals surface area contributed by atoms with Crippen molar-refractivity contribution >= 4 is 11.9 Å². The molecule has 4 heteroatoms. The Morgan fingerprint density at radius 1 is 1.46 bits per heavy atom. The maximum absolute atomic E-state index is 11.1. The molecule has 0 aromatic heterocycles. The van der Waals surface area contributed by atoms with Crippen LogP contribution < -0.4 is 0 Å². The van der Waals surface area contributed by atoms with Gasteiger partial charge in [-0.3, -0.25) is 0 Å². The molecule has 0 N–H and O–H groups in total. The van der Waals surface area contributed by atoms with E-state index < -0.39 is 11.9 Å². The zero-order valence-corrected chi connectivity index (χ0v) is 7.12. The molecule has 0 aromatic carbocycles. The summed E-state index contributed by atoms with van der Waals surface area (Å²) in [5, 5.41) is 0.